The fourth-order valence-electron chi connectivity index (χ4n) is 3.67. The summed E-state index contributed by atoms with van der Waals surface area (Å²) in [6.07, 6.45) is 3.67. The van der Waals surface area contributed by atoms with Crippen molar-refractivity contribution in [3.63, 3.8) is 0 Å². The second kappa shape index (κ2) is 5.64. The van der Waals surface area contributed by atoms with Crippen molar-refractivity contribution >= 4 is 16.7 Å². The molecule has 1 saturated heterocycles. The summed E-state index contributed by atoms with van der Waals surface area (Å²) in [7, 11) is 0. The maximum Gasteiger partial charge on any atom is 0.179 e. The smallest absolute Gasteiger partial charge is 0.179 e. The molecular formula is C18H24N2O. The quantitative estimate of drug-likeness (QED) is 0.867. The van der Waals surface area contributed by atoms with Crippen LogP contribution in [0.15, 0.2) is 24.3 Å². The molecule has 2 atom stereocenters. The van der Waals surface area contributed by atoms with Crippen LogP contribution >= 0.6 is 0 Å². The summed E-state index contributed by atoms with van der Waals surface area (Å²) in [6, 6.07) is 9.08. The second-order valence-corrected chi connectivity index (χ2v) is 6.40. The van der Waals surface area contributed by atoms with Crippen LogP contribution in [0, 0.1) is 6.92 Å². The molecule has 2 heterocycles. The van der Waals surface area contributed by atoms with E-state index >= 15 is 0 Å². The van der Waals surface area contributed by atoms with Gasteiger partial charge in [-0.15, -0.1) is 0 Å². The van der Waals surface area contributed by atoms with Crippen molar-refractivity contribution in [2.24, 2.45) is 0 Å². The molecule has 3 rings (SSSR count). The summed E-state index contributed by atoms with van der Waals surface area (Å²) in [5.74, 6) is 0.241. The zero-order valence-corrected chi connectivity index (χ0v) is 13.1. The Morgan fingerprint density at radius 1 is 1.24 bits per heavy atom. The van der Waals surface area contributed by atoms with E-state index < -0.39 is 0 Å². The van der Waals surface area contributed by atoms with Gasteiger partial charge in [0.2, 0.25) is 0 Å². The van der Waals surface area contributed by atoms with E-state index in [1.165, 1.54) is 19.3 Å². The van der Waals surface area contributed by atoms with Crippen molar-refractivity contribution in [2.75, 3.05) is 6.54 Å². The number of piperidine rings is 1. The number of benzene rings is 1. The first-order chi connectivity index (χ1) is 10.1. The molecule has 1 aliphatic rings. The number of hydrogen-bond donors (Lipinski definition) is 1. The van der Waals surface area contributed by atoms with Gasteiger partial charge in [0.25, 0.3) is 0 Å². The molecule has 0 saturated carbocycles. The van der Waals surface area contributed by atoms with E-state index in [0.29, 0.717) is 18.6 Å². The molecule has 1 N–H and O–H groups in total. The summed E-state index contributed by atoms with van der Waals surface area (Å²) in [5.41, 5.74) is 2.91. The number of aryl methyl sites for hydroxylation is 1. The van der Waals surface area contributed by atoms with Crippen LogP contribution in [0.1, 0.15) is 49.2 Å². The van der Waals surface area contributed by atoms with Crippen LogP contribution in [-0.4, -0.2) is 34.3 Å². The minimum Gasteiger partial charge on any atom is -0.358 e. The number of aromatic amines is 1. The normalized spacial score (nSPS) is 23.6. The fourth-order valence-corrected chi connectivity index (χ4v) is 3.67. The van der Waals surface area contributed by atoms with Gasteiger partial charge in [-0.3, -0.25) is 9.69 Å². The highest BCUT2D eigenvalue weighted by molar-refractivity contribution is 6.10. The van der Waals surface area contributed by atoms with E-state index in [2.05, 4.69) is 23.7 Å². The SMILES string of the molecule is Cc1[nH]c2ccccc2c1C(=O)CN1C(C)CCCC1C. The lowest BCUT2D eigenvalue weighted by Gasteiger charge is -2.38. The van der Waals surface area contributed by atoms with Crippen LogP contribution in [0.5, 0.6) is 0 Å². The topological polar surface area (TPSA) is 36.1 Å². The van der Waals surface area contributed by atoms with Gasteiger partial charge in [0.1, 0.15) is 0 Å². The molecule has 0 amide bonds. The van der Waals surface area contributed by atoms with Crippen molar-refractivity contribution in [3.05, 3.63) is 35.5 Å². The van der Waals surface area contributed by atoms with Crippen LogP contribution in [0.4, 0.5) is 0 Å². The number of nitrogens with one attached hydrogen (secondary N) is 1. The van der Waals surface area contributed by atoms with Gasteiger partial charge >= 0.3 is 0 Å². The summed E-state index contributed by atoms with van der Waals surface area (Å²) >= 11 is 0. The van der Waals surface area contributed by atoms with Crippen LogP contribution in [-0.2, 0) is 0 Å². The molecule has 0 bridgehead atoms. The lowest BCUT2D eigenvalue weighted by Crippen LogP contribution is -2.46. The monoisotopic (exact) mass is 284 g/mol. The maximum atomic E-state index is 12.8. The highest BCUT2D eigenvalue weighted by Gasteiger charge is 2.28. The molecule has 2 aromatic rings. The summed E-state index contributed by atoms with van der Waals surface area (Å²) in [4.78, 5) is 18.5. The number of aromatic nitrogens is 1. The molecule has 1 aliphatic heterocycles. The number of hydrogen-bond acceptors (Lipinski definition) is 2. The van der Waals surface area contributed by atoms with Gasteiger partial charge in [-0.2, -0.15) is 0 Å². The number of fused-ring (bicyclic) bond motifs is 1. The van der Waals surface area contributed by atoms with E-state index in [0.717, 1.165) is 22.2 Å². The third-order valence-electron chi connectivity index (χ3n) is 4.87. The van der Waals surface area contributed by atoms with Crippen LogP contribution in [0.25, 0.3) is 10.9 Å². The Morgan fingerprint density at radius 3 is 2.62 bits per heavy atom. The average molecular weight is 284 g/mol. The molecule has 3 heteroatoms. The van der Waals surface area contributed by atoms with Crippen molar-refractivity contribution in [2.45, 2.75) is 52.1 Å². The van der Waals surface area contributed by atoms with Gasteiger partial charge in [-0.1, -0.05) is 24.6 Å². The predicted octanol–water partition coefficient (Wildman–Crippen LogP) is 3.92. The van der Waals surface area contributed by atoms with Gasteiger partial charge in [-0.25, -0.2) is 0 Å². The highest BCUT2D eigenvalue weighted by atomic mass is 16.1. The van der Waals surface area contributed by atoms with Crippen molar-refractivity contribution < 1.29 is 4.79 Å². The van der Waals surface area contributed by atoms with Gasteiger partial charge < -0.3 is 4.98 Å². The zero-order chi connectivity index (χ0) is 15.0. The minimum absolute atomic E-state index is 0.241. The Kier molecular flexibility index (Phi) is 3.85. The molecule has 1 aromatic carbocycles. The lowest BCUT2D eigenvalue weighted by molar-refractivity contribution is 0.0735. The van der Waals surface area contributed by atoms with Gasteiger partial charge in [0.15, 0.2) is 5.78 Å². The fraction of sp³-hybridized carbons (Fsp3) is 0.500. The van der Waals surface area contributed by atoms with Crippen LogP contribution < -0.4 is 0 Å². The van der Waals surface area contributed by atoms with Crippen molar-refractivity contribution in [3.8, 4) is 0 Å². The molecule has 1 fully saturated rings. The molecule has 0 spiro atoms. The van der Waals surface area contributed by atoms with E-state index in [1.807, 2.05) is 31.2 Å². The van der Waals surface area contributed by atoms with Crippen LogP contribution in [0.3, 0.4) is 0 Å². The first-order valence-electron chi connectivity index (χ1n) is 7.94. The second-order valence-electron chi connectivity index (χ2n) is 6.40. The van der Waals surface area contributed by atoms with Gasteiger partial charge in [0.05, 0.1) is 6.54 Å². The molecule has 1 aromatic heterocycles. The van der Waals surface area contributed by atoms with Gasteiger partial charge in [0, 0.05) is 34.2 Å². The Balaban J connectivity index is 1.88. The first kappa shape index (κ1) is 14.3. The number of H-pyrrole nitrogens is 1. The first-order valence-corrected chi connectivity index (χ1v) is 7.94. The maximum absolute atomic E-state index is 12.8. The summed E-state index contributed by atoms with van der Waals surface area (Å²) in [6.45, 7) is 7.01. The number of Topliss-reactive ketones (excluding diaryl/α,β-unsaturated/α-hetero) is 1. The number of carbonyl (C=O) groups is 1. The highest BCUT2D eigenvalue weighted by Crippen LogP contribution is 2.26. The average Bonchev–Trinajstić information content (AvgIpc) is 2.78. The molecule has 0 aliphatic carbocycles. The zero-order valence-electron chi connectivity index (χ0n) is 13.1. The molecule has 112 valence electrons. The third kappa shape index (κ3) is 2.62. The molecule has 0 radical (unpaired) electrons. The van der Waals surface area contributed by atoms with Gasteiger partial charge in [-0.05, 0) is 39.7 Å². The lowest BCUT2D eigenvalue weighted by atomic mass is 9.96. The standard InChI is InChI=1S/C18H24N2O/c1-12-7-6-8-13(2)20(12)11-17(21)18-14(3)19-16-10-5-4-9-15(16)18/h4-5,9-10,12-13,19H,6-8,11H2,1-3H3. The largest absolute Gasteiger partial charge is 0.358 e. The Labute approximate surface area is 126 Å². The molecule has 3 nitrogen and oxygen atoms in total. The molecule has 21 heavy (non-hydrogen) atoms. The number of nitrogens with zero attached hydrogens (tertiary/aromatic N) is 1. The third-order valence-corrected chi connectivity index (χ3v) is 4.87. The van der Waals surface area contributed by atoms with Crippen LogP contribution in [0.2, 0.25) is 0 Å². The Bertz CT molecular complexity index is 648. The number of rotatable bonds is 3. The summed E-state index contributed by atoms with van der Waals surface area (Å²) in [5, 5.41) is 1.05. The summed E-state index contributed by atoms with van der Waals surface area (Å²) < 4.78 is 0. The number of para-hydroxylation sites is 1. The Morgan fingerprint density at radius 2 is 1.90 bits per heavy atom. The minimum atomic E-state index is 0.241. The Hall–Kier alpha value is -1.61. The molecular weight excluding hydrogens is 260 g/mol. The number of ketones is 1. The van der Waals surface area contributed by atoms with E-state index in [1.54, 1.807) is 0 Å². The predicted molar refractivity (Wildman–Crippen MR) is 86.8 cm³/mol. The van der Waals surface area contributed by atoms with E-state index in [4.69, 9.17) is 0 Å². The van der Waals surface area contributed by atoms with E-state index in [-0.39, 0.29) is 5.78 Å². The number of carbonyl (C=O) groups excluding carboxylic acids is 1. The number of likely N-dealkylation sites (tertiary alicyclic amines) is 1. The van der Waals surface area contributed by atoms with Crippen molar-refractivity contribution in [1.82, 2.24) is 9.88 Å². The molecule has 2 unspecified atom stereocenters. The van der Waals surface area contributed by atoms with Crippen molar-refractivity contribution in [1.29, 1.82) is 0 Å². The van der Waals surface area contributed by atoms with E-state index in [9.17, 15) is 4.79 Å².